The van der Waals surface area contributed by atoms with Gasteiger partial charge in [-0.3, -0.25) is 0 Å². The van der Waals surface area contributed by atoms with Crippen LogP contribution in [-0.2, 0) is 19.3 Å². The number of aryl methyl sites for hydroxylation is 3. The van der Waals surface area contributed by atoms with Crippen molar-refractivity contribution in [1.29, 1.82) is 0 Å². The highest BCUT2D eigenvalue weighted by Gasteiger charge is 2.15. The average Bonchev–Trinajstić information content (AvgIpc) is 2.89. The zero-order valence-corrected chi connectivity index (χ0v) is 13.3. The number of rotatable bonds is 3. The second-order valence-electron chi connectivity index (χ2n) is 5.68. The first-order valence-electron chi connectivity index (χ1n) is 7.18. The summed E-state index contributed by atoms with van der Waals surface area (Å²) in [6.45, 7) is 2.05. The lowest BCUT2D eigenvalue weighted by atomic mass is 9.96. The van der Waals surface area contributed by atoms with E-state index in [-0.39, 0.29) is 0 Å². The second-order valence-corrected chi connectivity index (χ2v) is 6.59. The lowest BCUT2D eigenvalue weighted by Crippen LogP contribution is -2.04. The summed E-state index contributed by atoms with van der Waals surface area (Å²) in [7, 11) is 0. The number of hydrogen-bond acceptors (Lipinski definition) is 1. The molecule has 2 aromatic carbocycles. The Morgan fingerprint density at radius 2 is 1.90 bits per heavy atom. The van der Waals surface area contributed by atoms with Gasteiger partial charge in [0.15, 0.2) is 0 Å². The molecule has 1 unspecified atom stereocenters. The highest BCUT2D eigenvalue weighted by Crippen LogP contribution is 2.28. The van der Waals surface area contributed by atoms with E-state index in [0.717, 1.165) is 15.6 Å². The summed E-state index contributed by atoms with van der Waals surface area (Å²) in [5, 5.41) is 10.5. The van der Waals surface area contributed by atoms with Crippen LogP contribution in [0.1, 0.15) is 40.3 Å². The van der Waals surface area contributed by atoms with E-state index < -0.39 is 6.10 Å². The van der Waals surface area contributed by atoms with Crippen LogP contribution in [0.5, 0.6) is 0 Å². The van der Waals surface area contributed by atoms with Crippen LogP contribution in [0.4, 0.5) is 0 Å². The number of aliphatic hydroxyl groups excluding tert-OH is 1. The van der Waals surface area contributed by atoms with Crippen molar-refractivity contribution in [3.05, 3.63) is 68.7 Å². The van der Waals surface area contributed by atoms with Gasteiger partial charge in [0, 0.05) is 10.9 Å². The zero-order chi connectivity index (χ0) is 14.1. The topological polar surface area (TPSA) is 20.2 Å². The van der Waals surface area contributed by atoms with Gasteiger partial charge in [0.1, 0.15) is 0 Å². The van der Waals surface area contributed by atoms with Crippen LogP contribution >= 0.6 is 15.9 Å². The minimum atomic E-state index is -0.438. The van der Waals surface area contributed by atoms with Crippen molar-refractivity contribution in [3.8, 4) is 0 Å². The van der Waals surface area contributed by atoms with Gasteiger partial charge >= 0.3 is 0 Å². The van der Waals surface area contributed by atoms with Crippen LogP contribution < -0.4 is 0 Å². The molecule has 0 bridgehead atoms. The SMILES string of the molecule is Cc1ccc(Br)cc1C(O)Cc1ccc2c(c1)CCC2. The Kier molecular flexibility index (Phi) is 3.95. The van der Waals surface area contributed by atoms with E-state index in [2.05, 4.69) is 34.1 Å². The first kappa shape index (κ1) is 13.8. The molecule has 3 rings (SSSR count). The molecule has 20 heavy (non-hydrogen) atoms. The number of hydrogen-bond donors (Lipinski definition) is 1. The van der Waals surface area contributed by atoms with Crippen molar-refractivity contribution in [2.24, 2.45) is 0 Å². The Balaban J connectivity index is 1.82. The number of fused-ring (bicyclic) bond motifs is 1. The average molecular weight is 331 g/mol. The van der Waals surface area contributed by atoms with E-state index in [1.165, 1.54) is 36.0 Å². The smallest absolute Gasteiger partial charge is 0.0833 e. The van der Waals surface area contributed by atoms with Crippen molar-refractivity contribution in [2.45, 2.75) is 38.7 Å². The zero-order valence-electron chi connectivity index (χ0n) is 11.7. The van der Waals surface area contributed by atoms with E-state index in [4.69, 9.17) is 0 Å². The van der Waals surface area contributed by atoms with Gasteiger partial charge in [0.25, 0.3) is 0 Å². The van der Waals surface area contributed by atoms with Gasteiger partial charge in [-0.15, -0.1) is 0 Å². The first-order chi connectivity index (χ1) is 9.63. The van der Waals surface area contributed by atoms with Gasteiger partial charge in [-0.1, -0.05) is 40.2 Å². The molecular weight excluding hydrogens is 312 g/mol. The van der Waals surface area contributed by atoms with Crippen LogP contribution in [0.15, 0.2) is 40.9 Å². The summed E-state index contributed by atoms with van der Waals surface area (Å²) < 4.78 is 1.02. The molecule has 2 aromatic rings. The molecule has 0 saturated carbocycles. The molecule has 1 N–H and O–H groups in total. The van der Waals surface area contributed by atoms with Crippen LogP contribution in [0.25, 0.3) is 0 Å². The minimum absolute atomic E-state index is 0.438. The maximum Gasteiger partial charge on any atom is 0.0833 e. The molecule has 0 spiro atoms. The Labute approximate surface area is 128 Å². The minimum Gasteiger partial charge on any atom is -0.388 e. The predicted octanol–water partition coefficient (Wildman–Crippen LogP) is 4.52. The van der Waals surface area contributed by atoms with Crippen LogP contribution in [0.2, 0.25) is 0 Å². The molecule has 0 amide bonds. The summed E-state index contributed by atoms with van der Waals surface area (Å²) in [6, 6.07) is 12.8. The van der Waals surface area contributed by atoms with E-state index in [1.807, 2.05) is 25.1 Å². The van der Waals surface area contributed by atoms with E-state index >= 15 is 0 Å². The first-order valence-corrected chi connectivity index (χ1v) is 7.97. The molecular formula is C18H19BrO. The Morgan fingerprint density at radius 1 is 1.10 bits per heavy atom. The molecule has 1 atom stereocenters. The van der Waals surface area contributed by atoms with Gasteiger partial charge in [-0.2, -0.15) is 0 Å². The third-order valence-corrected chi connectivity index (χ3v) is 4.69. The highest BCUT2D eigenvalue weighted by atomic mass is 79.9. The molecule has 0 aliphatic heterocycles. The molecule has 104 valence electrons. The van der Waals surface area contributed by atoms with Crippen molar-refractivity contribution in [1.82, 2.24) is 0 Å². The van der Waals surface area contributed by atoms with Crippen molar-refractivity contribution in [3.63, 3.8) is 0 Å². The van der Waals surface area contributed by atoms with Gasteiger partial charge in [0.2, 0.25) is 0 Å². The van der Waals surface area contributed by atoms with E-state index in [1.54, 1.807) is 0 Å². The number of benzene rings is 2. The van der Waals surface area contributed by atoms with Crippen molar-refractivity contribution in [2.75, 3.05) is 0 Å². The third-order valence-electron chi connectivity index (χ3n) is 4.19. The van der Waals surface area contributed by atoms with E-state index in [0.29, 0.717) is 6.42 Å². The van der Waals surface area contributed by atoms with Gasteiger partial charge in [-0.25, -0.2) is 0 Å². The fourth-order valence-corrected chi connectivity index (χ4v) is 3.43. The van der Waals surface area contributed by atoms with Gasteiger partial charge in [-0.05, 0) is 66.1 Å². The summed E-state index contributed by atoms with van der Waals surface area (Å²) in [5.41, 5.74) is 6.35. The number of aliphatic hydroxyl groups is 1. The lowest BCUT2D eigenvalue weighted by molar-refractivity contribution is 0.177. The van der Waals surface area contributed by atoms with Crippen molar-refractivity contribution < 1.29 is 5.11 Å². The standard InChI is InChI=1S/C18H19BrO/c1-12-5-8-16(19)11-17(12)18(20)10-13-6-7-14-3-2-4-15(14)9-13/h5-9,11,18,20H,2-4,10H2,1H3. The highest BCUT2D eigenvalue weighted by molar-refractivity contribution is 9.10. The molecule has 1 aliphatic carbocycles. The largest absolute Gasteiger partial charge is 0.388 e. The van der Waals surface area contributed by atoms with Crippen molar-refractivity contribution >= 4 is 15.9 Å². The summed E-state index contributed by atoms with van der Waals surface area (Å²) in [4.78, 5) is 0. The summed E-state index contributed by atoms with van der Waals surface area (Å²) in [6.07, 6.45) is 3.92. The molecule has 0 aromatic heterocycles. The lowest BCUT2D eigenvalue weighted by Gasteiger charge is -2.15. The predicted molar refractivity (Wildman–Crippen MR) is 86.0 cm³/mol. The Bertz CT molecular complexity index is 633. The Morgan fingerprint density at radius 3 is 2.75 bits per heavy atom. The fraction of sp³-hybridized carbons (Fsp3) is 0.333. The third kappa shape index (κ3) is 2.82. The molecule has 0 fully saturated rings. The normalized spacial score (nSPS) is 15.2. The van der Waals surface area contributed by atoms with Crippen LogP contribution in [0.3, 0.4) is 0 Å². The molecule has 0 saturated heterocycles. The van der Waals surface area contributed by atoms with Gasteiger partial charge < -0.3 is 5.11 Å². The summed E-state index contributed by atoms with van der Waals surface area (Å²) >= 11 is 3.48. The molecule has 0 radical (unpaired) electrons. The maximum atomic E-state index is 10.5. The Hall–Kier alpha value is -1.12. The molecule has 1 aliphatic rings. The fourth-order valence-electron chi connectivity index (χ4n) is 3.06. The molecule has 1 nitrogen and oxygen atoms in total. The molecule has 2 heteroatoms. The molecule has 0 heterocycles. The maximum absolute atomic E-state index is 10.5. The van der Waals surface area contributed by atoms with Crippen LogP contribution in [0, 0.1) is 6.92 Å². The monoisotopic (exact) mass is 330 g/mol. The number of halogens is 1. The van der Waals surface area contributed by atoms with Gasteiger partial charge in [0.05, 0.1) is 6.10 Å². The quantitative estimate of drug-likeness (QED) is 0.877. The summed E-state index contributed by atoms with van der Waals surface area (Å²) in [5.74, 6) is 0. The van der Waals surface area contributed by atoms with Crippen LogP contribution in [-0.4, -0.2) is 5.11 Å². The van der Waals surface area contributed by atoms with E-state index in [9.17, 15) is 5.11 Å². The second kappa shape index (κ2) is 5.71.